The number of hydrogen-bond donors (Lipinski definition) is 2. The molecule has 148 valence electrons. The average molecular weight is 473 g/mol. The Morgan fingerprint density at radius 2 is 1.81 bits per heavy atom. The van der Waals surface area contributed by atoms with E-state index in [1.165, 1.54) is 18.4 Å². The Kier molecular flexibility index (Phi) is 11.9. The summed E-state index contributed by atoms with van der Waals surface area (Å²) in [4.78, 5) is 9.36. The fourth-order valence-corrected chi connectivity index (χ4v) is 3.31. The van der Waals surface area contributed by atoms with Crippen molar-refractivity contribution in [3.8, 4) is 0 Å². The Morgan fingerprint density at radius 3 is 2.46 bits per heavy atom. The SMILES string of the molecule is CCCCNC(=NC)NCCCN1CCN(C)CC1c1ccccc1.I. The summed E-state index contributed by atoms with van der Waals surface area (Å²) in [5.74, 6) is 0.923. The highest BCUT2D eigenvalue weighted by molar-refractivity contribution is 14.0. The number of benzene rings is 1. The number of piperazine rings is 1. The summed E-state index contributed by atoms with van der Waals surface area (Å²) in [7, 11) is 4.06. The van der Waals surface area contributed by atoms with Crippen LogP contribution in [0.15, 0.2) is 35.3 Å². The molecule has 0 amide bonds. The smallest absolute Gasteiger partial charge is 0.190 e. The van der Waals surface area contributed by atoms with Gasteiger partial charge in [0.05, 0.1) is 0 Å². The van der Waals surface area contributed by atoms with Crippen LogP contribution in [0.25, 0.3) is 0 Å². The van der Waals surface area contributed by atoms with E-state index in [-0.39, 0.29) is 24.0 Å². The number of rotatable bonds is 8. The van der Waals surface area contributed by atoms with E-state index in [9.17, 15) is 0 Å². The van der Waals surface area contributed by atoms with Gasteiger partial charge in [-0.1, -0.05) is 43.7 Å². The zero-order valence-corrected chi connectivity index (χ0v) is 18.9. The number of aliphatic imine (C=N–C) groups is 1. The maximum absolute atomic E-state index is 4.29. The lowest BCUT2D eigenvalue weighted by molar-refractivity contribution is 0.0891. The van der Waals surface area contributed by atoms with Crippen LogP contribution < -0.4 is 10.6 Å². The highest BCUT2D eigenvalue weighted by Crippen LogP contribution is 2.24. The highest BCUT2D eigenvalue weighted by atomic mass is 127. The fourth-order valence-electron chi connectivity index (χ4n) is 3.31. The minimum atomic E-state index is 0. The van der Waals surface area contributed by atoms with E-state index in [0.717, 1.165) is 51.6 Å². The number of unbranched alkanes of at least 4 members (excludes halogenated alkanes) is 1. The molecule has 2 rings (SSSR count). The van der Waals surface area contributed by atoms with E-state index >= 15 is 0 Å². The molecule has 26 heavy (non-hydrogen) atoms. The lowest BCUT2D eigenvalue weighted by Crippen LogP contribution is -2.47. The van der Waals surface area contributed by atoms with Gasteiger partial charge in [0.15, 0.2) is 5.96 Å². The summed E-state index contributed by atoms with van der Waals surface area (Å²) < 4.78 is 0. The lowest BCUT2D eigenvalue weighted by Gasteiger charge is -2.40. The molecule has 0 aliphatic carbocycles. The van der Waals surface area contributed by atoms with Crippen molar-refractivity contribution >= 4 is 29.9 Å². The lowest BCUT2D eigenvalue weighted by atomic mass is 10.0. The molecule has 1 unspecified atom stereocenters. The van der Waals surface area contributed by atoms with Crippen LogP contribution in [0.2, 0.25) is 0 Å². The summed E-state index contributed by atoms with van der Waals surface area (Å²) in [6.07, 6.45) is 3.51. The van der Waals surface area contributed by atoms with Crippen molar-refractivity contribution in [1.29, 1.82) is 0 Å². The number of nitrogens with zero attached hydrogens (tertiary/aromatic N) is 3. The third kappa shape index (κ3) is 7.80. The number of hydrogen-bond acceptors (Lipinski definition) is 3. The number of guanidine groups is 1. The van der Waals surface area contributed by atoms with Gasteiger partial charge in [0.2, 0.25) is 0 Å². The molecule has 1 aromatic rings. The van der Waals surface area contributed by atoms with Crippen LogP contribution in [0.4, 0.5) is 0 Å². The normalized spacial score (nSPS) is 19.0. The first-order valence-electron chi connectivity index (χ1n) is 9.66. The van der Waals surface area contributed by atoms with E-state index in [2.05, 4.69) is 69.7 Å². The molecule has 0 radical (unpaired) electrons. The number of likely N-dealkylation sites (N-methyl/N-ethyl adjacent to an activating group) is 1. The van der Waals surface area contributed by atoms with Crippen LogP contribution in [-0.4, -0.2) is 69.1 Å². The molecule has 0 bridgehead atoms. The molecule has 1 saturated heterocycles. The Bertz CT molecular complexity index is 508. The van der Waals surface area contributed by atoms with E-state index in [0.29, 0.717) is 6.04 Å². The van der Waals surface area contributed by atoms with E-state index in [4.69, 9.17) is 0 Å². The molecule has 1 aliphatic heterocycles. The Balaban J connectivity index is 0.00000338. The van der Waals surface area contributed by atoms with Gasteiger partial charge < -0.3 is 15.5 Å². The summed E-state index contributed by atoms with van der Waals surface area (Å²) in [6, 6.07) is 11.4. The van der Waals surface area contributed by atoms with Crippen molar-refractivity contribution in [2.24, 2.45) is 4.99 Å². The van der Waals surface area contributed by atoms with Crippen LogP contribution in [-0.2, 0) is 0 Å². The van der Waals surface area contributed by atoms with Crippen LogP contribution in [0.3, 0.4) is 0 Å². The van der Waals surface area contributed by atoms with Crippen molar-refractivity contribution < 1.29 is 0 Å². The molecule has 0 saturated carbocycles. The molecule has 1 heterocycles. The molecule has 0 aromatic heterocycles. The van der Waals surface area contributed by atoms with Crippen LogP contribution >= 0.6 is 24.0 Å². The van der Waals surface area contributed by atoms with Crippen molar-refractivity contribution in [1.82, 2.24) is 20.4 Å². The third-order valence-corrected chi connectivity index (χ3v) is 4.84. The summed E-state index contributed by atoms with van der Waals surface area (Å²) in [5.41, 5.74) is 1.43. The largest absolute Gasteiger partial charge is 0.356 e. The van der Waals surface area contributed by atoms with Crippen molar-refractivity contribution in [2.75, 3.05) is 53.4 Å². The minimum absolute atomic E-state index is 0. The quantitative estimate of drug-likeness (QED) is 0.264. The summed E-state index contributed by atoms with van der Waals surface area (Å²) >= 11 is 0. The van der Waals surface area contributed by atoms with Gasteiger partial charge >= 0.3 is 0 Å². The minimum Gasteiger partial charge on any atom is -0.356 e. The van der Waals surface area contributed by atoms with Gasteiger partial charge in [0, 0.05) is 52.4 Å². The maximum atomic E-state index is 4.29. The van der Waals surface area contributed by atoms with Crippen molar-refractivity contribution in [2.45, 2.75) is 32.2 Å². The second kappa shape index (κ2) is 13.3. The second-order valence-electron chi connectivity index (χ2n) is 6.86. The van der Waals surface area contributed by atoms with Crippen LogP contribution in [0.1, 0.15) is 37.8 Å². The van der Waals surface area contributed by atoms with Gasteiger partial charge in [-0.3, -0.25) is 9.89 Å². The zero-order chi connectivity index (χ0) is 17.9. The maximum Gasteiger partial charge on any atom is 0.190 e. The monoisotopic (exact) mass is 473 g/mol. The molecular weight excluding hydrogens is 437 g/mol. The fraction of sp³-hybridized carbons (Fsp3) is 0.650. The van der Waals surface area contributed by atoms with Gasteiger partial charge in [0.1, 0.15) is 0 Å². The topological polar surface area (TPSA) is 42.9 Å². The molecule has 1 aliphatic rings. The molecule has 0 spiro atoms. The Hall–Kier alpha value is -0.860. The second-order valence-corrected chi connectivity index (χ2v) is 6.86. The van der Waals surface area contributed by atoms with E-state index in [1.54, 1.807) is 0 Å². The highest BCUT2D eigenvalue weighted by Gasteiger charge is 2.25. The van der Waals surface area contributed by atoms with Gasteiger partial charge in [-0.15, -0.1) is 24.0 Å². The average Bonchev–Trinajstić information content (AvgIpc) is 2.65. The summed E-state index contributed by atoms with van der Waals surface area (Å²) in [6.45, 7) is 8.67. The Morgan fingerprint density at radius 1 is 1.12 bits per heavy atom. The standard InChI is InChI=1S/C20H35N5.HI/c1-4-5-12-22-20(21-2)23-13-9-14-25-16-15-24(3)17-19(25)18-10-7-6-8-11-18;/h6-8,10-11,19H,4-5,9,12-17H2,1-3H3,(H2,21,22,23);1H. The first kappa shape index (κ1) is 23.2. The van der Waals surface area contributed by atoms with Crippen molar-refractivity contribution in [3.05, 3.63) is 35.9 Å². The third-order valence-electron chi connectivity index (χ3n) is 4.84. The predicted octanol–water partition coefficient (Wildman–Crippen LogP) is 2.95. The molecule has 5 nitrogen and oxygen atoms in total. The zero-order valence-electron chi connectivity index (χ0n) is 16.6. The first-order chi connectivity index (χ1) is 12.2. The van der Waals surface area contributed by atoms with E-state index in [1.807, 2.05) is 7.05 Å². The Labute approximate surface area is 176 Å². The van der Waals surface area contributed by atoms with Gasteiger partial charge in [-0.2, -0.15) is 0 Å². The number of nitrogens with one attached hydrogen (secondary N) is 2. The number of halogens is 1. The first-order valence-corrected chi connectivity index (χ1v) is 9.66. The molecule has 1 fully saturated rings. The van der Waals surface area contributed by atoms with Gasteiger partial charge in [-0.05, 0) is 25.5 Å². The summed E-state index contributed by atoms with van der Waals surface area (Å²) in [5, 5.41) is 6.80. The molecule has 1 aromatic carbocycles. The van der Waals surface area contributed by atoms with Crippen LogP contribution in [0.5, 0.6) is 0 Å². The predicted molar refractivity (Wildman–Crippen MR) is 123 cm³/mol. The van der Waals surface area contributed by atoms with Crippen molar-refractivity contribution in [3.63, 3.8) is 0 Å². The molecule has 1 atom stereocenters. The van der Waals surface area contributed by atoms with Crippen LogP contribution in [0, 0.1) is 0 Å². The molecule has 6 heteroatoms. The van der Waals surface area contributed by atoms with Gasteiger partial charge in [-0.25, -0.2) is 0 Å². The van der Waals surface area contributed by atoms with Gasteiger partial charge in [0.25, 0.3) is 0 Å². The molecular formula is C20H36IN5. The van der Waals surface area contributed by atoms with E-state index < -0.39 is 0 Å². The molecule has 2 N–H and O–H groups in total.